The summed E-state index contributed by atoms with van der Waals surface area (Å²) >= 11 is 6.10. The number of halogens is 1. The summed E-state index contributed by atoms with van der Waals surface area (Å²) in [6.07, 6.45) is 1.91. The van der Waals surface area contributed by atoms with Gasteiger partial charge in [0.1, 0.15) is 0 Å². The highest BCUT2D eigenvalue weighted by molar-refractivity contribution is 6.34. The number of rotatable bonds is 5. The van der Waals surface area contributed by atoms with Crippen LogP contribution < -0.4 is 5.32 Å². The fraction of sp³-hybridized carbons (Fsp3) is 0.0500. The molecule has 0 spiro atoms. The van der Waals surface area contributed by atoms with Gasteiger partial charge in [0.25, 0.3) is 5.91 Å². The minimum atomic E-state index is -0.283. The quantitative estimate of drug-likeness (QED) is 0.537. The first-order chi connectivity index (χ1) is 13.2. The van der Waals surface area contributed by atoms with Gasteiger partial charge in [0.15, 0.2) is 5.76 Å². The van der Waals surface area contributed by atoms with E-state index < -0.39 is 0 Å². The van der Waals surface area contributed by atoms with E-state index in [-0.39, 0.29) is 5.91 Å². The number of aromatic nitrogens is 2. The summed E-state index contributed by atoms with van der Waals surface area (Å²) in [7, 11) is 0. The second-order valence-electron chi connectivity index (χ2n) is 5.76. The molecular formula is C20H14ClN3O3. The average molecular weight is 380 g/mol. The Bertz CT molecular complexity index is 1070. The van der Waals surface area contributed by atoms with Crippen LogP contribution in [0.5, 0.6) is 0 Å². The highest BCUT2D eigenvalue weighted by atomic mass is 35.5. The van der Waals surface area contributed by atoms with Gasteiger partial charge in [0.05, 0.1) is 23.3 Å². The predicted molar refractivity (Wildman–Crippen MR) is 101 cm³/mol. The number of para-hydroxylation sites is 1. The molecule has 0 atom stereocenters. The summed E-state index contributed by atoms with van der Waals surface area (Å²) < 4.78 is 10.6. The second-order valence-corrected chi connectivity index (χ2v) is 6.16. The summed E-state index contributed by atoms with van der Waals surface area (Å²) in [6, 6.07) is 17.8. The molecule has 6 nitrogen and oxygen atoms in total. The number of hydrogen-bond acceptors (Lipinski definition) is 5. The number of carbonyl (C=O) groups is 1. The van der Waals surface area contributed by atoms with E-state index in [4.69, 9.17) is 20.5 Å². The highest BCUT2D eigenvalue weighted by Gasteiger charge is 2.15. The van der Waals surface area contributed by atoms with Gasteiger partial charge in [0, 0.05) is 5.69 Å². The Labute approximate surface area is 159 Å². The van der Waals surface area contributed by atoms with Crippen LogP contribution in [0.3, 0.4) is 0 Å². The van der Waals surface area contributed by atoms with Crippen LogP contribution in [-0.4, -0.2) is 16.0 Å². The lowest BCUT2D eigenvalue weighted by atomic mass is 10.1. The van der Waals surface area contributed by atoms with Crippen molar-refractivity contribution >= 4 is 23.2 Å². The number of furan rings is 1. The third-order valence-electron chi connectivity index (χ3n) is 3.94. The van der Waals surface area contributed by atoms with Gasteiger partial charge in [-0.25, -0.2) is 0 Å². The zero-order valence-electron chi connectivity index (χ0n) is 14.1. The number of amides is 1. The Balaban J connectivity index is 1.55. The molecule has 7 heteroatoms. The molecule has 1 amide bonds. The van der Waals surface area contributed by atoms with Crippen LogP contribution in [0.15, 0.2) is 75.9 Å². The maximum atomic E-state index is 12.5. The van der Waals surface area contributed by atoms with Crippen LogP contribution in [0, 0.1) is 0 Å². The zero-order valence-corrected chi connectivity index (χ0v) is 14.8. The molecule has 4 aromatic rings. The van der Waals surface area contributed by atoms with Gasteiger partial charge in [0.2, 0.25) is 11.7 Å². The Morgan fingerprint density at radius 3 is 2.67 bits per heavy atom. The van der Waals surface area contributed by atoms with Gasteiger partial charge in [-0.2, -0.15) is 4.98 Å². The lowest BCUT2D eigenvalue weighted by Gasteiger charge is -2.10. The minimum Gasteiger partial charge on any atom is -0.461 e. The molecule has 2 heterocycles. The lowest BCUT2D eigenvalue weighted by Crippen LogP contribution is -2.14. The van der Waals surface area contributed by atoms with Crippen molar-refractivity contribution in [2.24, 2.45) is 0 Å². The molecule has 27 heavy (non-hydrogen) atoms. The number of hydrogen-bond donors (Lipinski definition) is 1. The van der Waals surface area contributed by atoms with E-state index in [2.05, 4.69) is 15.5 Å². The van der Waals surface area contributed by atoms with E-state index in [1.165, 1.54) is 0 Å². The fourth-order valence-corrected chi connectivity index (χ4v) is 2.85. The van der Waals surface area contributed by atoms with Crippen molar-refractivity contribution in [2.75, 3.05) is 5.32 Å². The molecule has 0 unspecified atom stereocenters. The Morgan fingerprint density at radius 1 is 1.04 bits per heavy atom. The maximum absolute atomic E-state index is 12.5. The van der Waals surface area contributed by atoms with Gasteiger partial charge in [-0.15, -0.1) is 0 Å². The normalized spacial score (nSPS) is 10.7. The minimum absolute atomic E-state index is 0.283. The Morgan fingerprint density at radius 2 is 1.85 bits per heavy atom. The van der Waals surface area contributed by atoms with Gasteiger partial charge >= 0.3 is 0 Å². The van der Waals surface area contributed by atoms with Gasteiger partial charge in [-0.1, -0.05) is 47.1 Å². The third-order valence-corrected chi connectivity index (χ3v) is 4.26. The topological polar surface area (TPSA) is 81.2 Å². The van der Waals surface area contributed by atoms with E-state index in [1.807, 2.05) is 24.3 Å². The summed E-state index contributed by atoms with van der Waals surface area (Å²) in [5, 5.41) is 7.21. The SMILES string of the molecule is O=C(Nc1ccccc1Cc1nc(-c2ccco2)no1)c1ccccc1Cl. The summed E-state index contributed by atoms with van der Waals surface area (Å²) in [6.45, 7) is 0. The number of anilines is 1. The van der Waals surface area contributed by atoms with E-state index in [1.54, 1.807) is 42.7 Å². The first-order valence-corrected chi connectivity index (χ1v) is 8.59. The van der Waals surface area contributed by atoms with Crippen LogP contribution in [0.1, 0.15) is 21.8 Å². The highest BCUT2D eigenvalue weighted by Crippen LogP contribution is 2.23. The zero-order chi connectivity index (χ0) is 18.6. The molecule has 0 fully saturated rings. The van der Waals surface area contributed by atoms with Crippen molar-refractivity contribution in [1.82, 2.24) is 10.1 Å². The van der Waals surface area contributed by atoms with Crippen molar-refractivity contribution in [3.8, 4) is 11.6 Å². The standard InChI is InChI=1S/C20H14ClN3O3/c21-15-8-3-2-7-14(15)20(25)22-16-9-4-1-6-13(16)12-18-23-19(24-27-18)17-10-5-11-26-17/h1-11H,12H2,(H,22,25). The maximum Gasteiger partial charge on any atom is 0.257 e. The number of benzene rings is 2. The molecule has 0 aliphatic heterocycles. The molecule has 0 aliphatic carbocycles. The Hall–Kier alpha value is -3.38. The predicted octanol–water partition coefficient (Wildman–Crippen LogP) is 4.83. The molecule has 134 valence electrons. The van der Waals surface area contributed by atoms with Gasteiger partial charge in [-0.05, 0) is 35.9 Å². The first kappa shape index (κ1) is 17.1. The smallest absolute Gasteiger partial charge is 0.257 e. The molecule has 0 bridgehead atoms. The summed E-state index contributed by atoms with van der Waals surface area (Å²) in [5.41, 5.74) is 1.90. The first-order valence-electron chi connectivity index (χ1n) is 8.21. The van der Waals surface area contributed by atoms with Crippen LogP contribution in [0.2, 0.25) is 5.02 Å². The van der Waals surface area contributed by atoms with Crippen LogP contribution in [0.4, 0.5) is 5.69 Å². The van der Waals surface area contributed by atoms with Crippen LogP contribution in [-0.2, 0) is 6.42 Å². The molecule has 0 saturated carbocycles. The molecular weight excluding hydrogens is 366 g/mol. The average Bonchev–Trinajstić information content (AvgIpc) is 3.35. The third kappa shape index (κ3) is 3.75. The van der Waals surface area contributed by atoms with E-state index in [9.17, 15) is 4.79 Å². The molecule has 1 N–H and O–H groups in total. The largest absolute Gasteiger partial charge is 0.461 e. The summed E-state index contributed by atoms with van der Waals surface area (Å²) in [5.74, 6) is 1.05. The molecule has 4 rings (SSSR count). The number of nitrogens with one attached hydrogen (secondary N) is 1. The van der Waals surface area contributed by atoms with Crippen molar-refractivity contribution in [2.45, 2.75) is 6.42 Å². The van der Waals surface area contributed by atoms with Gasteiger partial charge in [-0.3, -0.25) is 4.79 Å². The summed E-state index contributed by atoms with van der Waals surface area (Å²) in [4.78, 5) is 16.9. The molecule has 0 aliphatic rings. The lowest BCUT2D eigenvalue weighted by molar-refractivity contribution is 0.102. The number of carbonyl (C=O) groups excluding carboxylic acids is 1. The fourth-order valence-electron chi connectivity index (χ4n) is 2.63. The van der Waals surface area contributed by atoms with Crippen molar-refractivity contribution < 1.29 is 13.7 Å². The van der Waals surface area contributed by atoms with Crippen LogP contribution >= 0.6 is 11.6 Å². The van der Waals surface area contributed by atoms with E-state index in [0.717, 1.165) is 5.56 Å². The van der Waals surface area contributed by atoms with Gasteiger partial charge < -0.3 is 14.3 Å². The second kappa shape index (κ2) is 7.47. The number of nitrogens with zero attached hydrogens (tertiary/aromatic N) is 2. The van der Waals surface area contributed by atoms with Crippen molar-refractivity contribution in [3.63, 3.8) is 0 Å². The van der Waals surface area contributed by atoms with Crippen LogP contribution in [0.25, 0.3) is 11.6 Å². The Kier molecular flexibility index (Phi) is 4.72. The molecule has 2 aromatic carbocycles. The van der Waals surface area contributed by atoms with Crippen molar-refractivity contribution in [1.29, 1.82) is 0 Å². The van der Waals surface area contributed by atoms with E-state index >= 15 is 0 Å². The van der Waals surface area contributed by atoms with E-state index in [0.29, 0.717) is 40.2 Å². The molecule has 0 radical (unpaired) electrons. The molecule has 2 aromatic heterocycles. The molecule has 0 saturated heterocycles. The monoisotopic (exact) mass is 379 g/mol. The van der Waals surface area contributed by atoms with Crippen molar-refractivity contribution in [3.05, 3.63) is 89.0 Å².